The van der Waals surface area contributed by atoms with Crippen LogP contribution in [-0.4, -0.2) is 17.4 Å². The van der Waals surface area contributed by atoms with Gasteiger partial charge in [0.25, 0.3) is 5.91 Å². The third-order valence-corrected chi connectivity index (χ3v) is 3.48. The maximum absolute atomic E-state index is 12.5. The fraction of sp³-hybridized carbons (Fsp3) is 0.294. The number of benzene rings is 1. The molecule has 21 heavy (non-hydrogen) atoms. The zero-order valence-electron chi connectivity index (χ0n) is 12.7. The molecule has 0 aliphatic rings. The van der Waals surface area contributed by atoms with Gasteiger partial charge in [-0.3, -0.25) is 9.78 Å². The number of carbonyl (C=O) groups is 1. The number of hydrogen-bond donors (Lipinski definition) is 2. The Kier molecular flexibility index (Phi) is 4.93. The van der Waals surface area contributed by atoms with Crippen LogP contribution in [0.5, 0.6) is 0 Å². The van der Waals surface area contributed by atoms with Gasteiger partial charge >= 0.3 is 0 Å². The average molecular weight is 283 g/mol. The Morgan fingerprint density at radius 3 is 2.76 bits per heavy atom. The van der Waals surface area contributed by atoms with E-state index in [2.05, 4.69) is 22.5 Å². The molecule has 2 rings (SSSR count). The maximum Gasteiger partial charge on any atom is 0.257 e. The van der Waals surface area contributed by atoms with E-state index in [0.29, 0.717) is 5.56 Å². The third kappa shape index (κ3) is 3.60. The first-order valence-corrected chi connectivity index (χ1v) is 7.19. The SMILES string of the molecule is CCCNc1cnccc1C(=O)Nc1cccc(C)c1C. The first-order chi connectivity index (χ1) is 10.1. The highest BCUT2D eigenvalue weighted by Crippen LogP contribution is 2.20. The minimum absolute atomic E-state index is 0.121. The smallest absolute Gasteiger partial charge is 0.257 e. The van der Waals surface area contributed by atoms with E-state index >= 15 is 0 Å². The summed E-state index contributed by atoms with van der Waals surface area (Å²) in [6.07, 6.45) is 4.32. The summed E-state index contributed by atoms with van der Waals surface area (Å²) in [5, 5.41) is 6.21. The van der Waals surface area contributed by atoms with Crippen molar-refractivity contribution in [3.63, 3.8) is 0 Å². The van der Waals surface area contributed by atoms with Gasteiger partial charge in [-0.2, -0.15) is 0 Å². The van der Waals surface area contributed by atoms with Crippen molar-refractivity contribution in [2.24, 2.45) is 0 Å². The lowest BCUT2D eigenvalue weighted by molar-refractivity contribution is 0.102. The van der Waals surface area contributed by atoms with Crippen LogP contribution < -0.4 is 10.6 Å². The monoisotopic (exact) mass is 283 g/mol. The van der Waals surface area contributed by atoms with Crippen molar-refractivity contribution in [3.8, 4) is 0 Å². The Hall–Kier alpha value is -2.36. The summed E-state index contributed by atoms with van der Waals surface area (Å²) >= 11 is 0. The van der Waals surface area contributed by atoms with E-state index in [4.69, 9.17) is 0 Å². The Labute approximate surface area is 125 Å². The van der Waals surface area contributed by atoms with Crippen LogP contribution >= 0.6 is 0 Å². The molecule has 1 amide bonds. The van der Waals surface area contributed by atoms with Gasteiger partial charge in [0.15, 0.2) is 0 Å². The van der Waals surface area contributed by atoms with Crippen LogP contribution in [0.4, 0.5) is 11.4 Å². The van der Waals surface area contributed by atoms with E-state index in [0.717, 1.165) is 35.5 Å². The second-order valence-electron chi connectivity index (χ2n) is 5.05. The highest BCUT2D eigenvalue weighted by molar-refractivity contribution is 6.08. The molecule has 1 heterocycles. The van der Waals surface area contributed by atoms with E-state index in [1.807, 2.05) is 32.0 Å². The number of amides is 1. The Bertz CT molecular complexity index is 638. The fourth-order valence-electron chi connectivity index (χ4n) is 2.07. The lowest BCUT2D eigenvalue weighted by atomic mass is 10.1. The summed E-state index contributed by atoms with van der Waals surface area (Å²) < 4.78 is 0. The van der Waals surface area contributed by atoms with Crippen molar-refractivity contribution in [1.29, 1.82) is 0 Å². The molecule has 1 aromatic heterocycles. The minimum Gasteiger partial charge on any atom is -0.383 e. The number of aromatic nitrogens is 1. The average Bonchev–Trinajstić information content (AvgIpc) is 2.50. The van der Waals surface area contributed by atoms with Gasteiger partial charge in [0.1, 0.15) is 0 Å². The molecule has 0 fully saturated rings. The van der Waals surface area contributed by atoms with Crippen LogP contribution in [0.1, 0.15) is 34.8 Å². The molecule has 110 valence electrons. The van der Waals surface area contributed by atoms with E-state index in [-0.39, 0.29) is 5.91 Å². The van der Waals surface area contributed by atoms with Crippen LogP contribution in [0.3, 0.4) is 0 Å². The van der Waals surface area contributed by atoms with Gasteiger partial charge in [-0.1, -0.05) is 19.1 Å². The predicted octanol–water partition coefficient (Wildman–Crippen LogP) is 3.77. The van der Waals surface area contributed by atoms with E-state index in [1.54, 1.807) is 18.5 Å². The molecule has 4 nitrogen and oxygen atoms in total. The van der Waals surface area contributed by atoms with Gasteiger partial charge in [0.05, 0.1) is 17.4 Å². The van der Waals surface area contributed by atoms with Gasteiger partial charge in [-0.25, -0.2) is 0 Å². The van der Waals surface area contributed by atoms with Gasteiger partial charge in [-0.05, 0) is 43.5 Å². The fourth-order valence-corrected chi connectivity index (χ4v) is 2.07. The largest absolute Gasteiger partial charge is 0.383 e. The molecule has 2 aromatic rings. The number of hydrogen-bond acceptors (Lipinski definition) is 3. The van der Waals surface area contributed by atoms with Crippen LogP contribution in [0.2, 0.25) is 0 Å². The zero-order valence-corrected chi connectivity index (χ0v) is 12.7. The van der Waals surface area contributed by atoms with Gasteiger partial charge in [-0.15, -0.1) is 0 Å². The summed E-state index contributed by atoms with van der Waals surface area (Å²) in [4.78, 5) is 16.6. The number of nitrogens with one attached hydrogen (secondary N) is 2. The van der Waals surface area contributed by atoms with Crippen molar-refractivity contribution in [1.82, 2.24) is 4.98 Å². The number of carbonyl (C=O) groups excluding carboxylic acids is 1. The summed E-state index contributed by atoms with van der Waals surface area (Å²) in [5.74, 6) is -0.121. The predicted molar refractivity (Wildman–Crippen MR) is 86.9 cm³/mol. The molecule has 0 aliphatic heterocycles. The molecule has 4 heteroatoms. The number of rotatable bonds is 5. The third-order valence-electron chi connectivity index (χ3n) is 3.48. The van der Waals surface area contributed by atoms with Gasteiger partial charge in [0.2, 0.25) is 0 Å². The van der Waals surface area contributed by atoms with Crippen molar-refractivity contribution >= 4 is 17.3 Å². The molecule has 0 atom stereocenters. The summed E-state index contributed by atoms with van der Waals surface area (Å²) in [7, 11) is 0. The van der Waals surface area contributed by atoms with E-state index in [9.17, 15) is 4.79 Å². The standard InChI is InChI=1S/C17H21N3O/c1-4-9-19-16-11-18-10-8-14(16)17(21)20-15-7-5-6-12(2)13(15)3/h5-8,10-11,19H,4,9H2,1-3H3,(H,20,21). The first-order valence-electron chi connectivity index (χ1n) is 7.19. The van der Waals surface area contributed by atoms with Crippen molar-refractivity contribution < 1.29 is 4.79 Å². The number of anilines is 2. The first kappa shape index (κ1) is 15.0. The molecule has 0 radical (unpaired) electrons. The molecule has 0 saturated carbocycles. The van der Waals surface area contributed by atoms with E-state index in [1.165, 1.54) is 0 Å². The van der Waals surface area contributed by atoms with Crippen LogP contribution in [0.25, 0.3) is 0 Å². The topological polar surface area (TPSA) is 54.0 Å². The number of pyridine rings is 1. The van der Waals surface area contributed by atoms with Gasteiger partial charge in [0, 0.05) is 18.4 Å². The Balaban J connectivity index is 2.22. The van der Waals surface area contributed by atoms with E-state index < -0.39 is 0 Å². The Morgan fingerprint density at radius 1 is 1.19 bits per heavy atom. The maximum atomic E-state index is 12.5. The Morgan fingerprint density at radius 2 is 2.00 bits per heavy atom. The molecule has 0 aliphatic carbocycles. The molecule has 2 N–H and O–H groups in total. The lowest BCUT2D eigenvalue weighted by Gasteiger charge is -2.13. The van der Waals surface area contributed by atoms with Crippen LogP contribution in [-0.2, 0) is 0 Å². The van der Waals surface area contributed by atoms with Crippen molar-refractivity contribution in [2.75, 3.05) is 17.2 Å². The molecular formula is C17H21N3O. The lowest BCUT2D eigenvalue weighted by Crippen LogP contribution is -2.16. The second-order valence-corrected chi connectivity index (χ2v) is 5.05. The zero-order chi connectivity index (χ0) is 15.2. The van der Waals surface area contributed by atoms with Crippen LogP contribution in [0.15, 0.2) is 36.7 Å². The highest BCUT2D eigenvalue weighted by Gasteiger charge is 2.12. The number of nitrogens with zero attached hydrogens (tertiary/aromatic N) is 1. The molecule has 0 bridgehead atoms. The molecule has 0 spiro atoms. The summed E-state index contributed by atoms with van der Waals surface area (Å²) in [5.41, 5.74) is 4.47. The van der Waals surface area contributed by atoms with Crippen molar-refractivity contribution in [2.45, 2.75) is 27.2 Å². The number of aryl methyl sites for hydroxylation is 1. The minimum atomic E-state index is -0.121. The van der Waals surface area contributed by atoms with Crippen molar-refractivity contribution in [3.05, 3.63) is 53.3 Å². The highest BCUT2D eigenvalue weighted by atomic mass is 16.1. The molecule has 1 aromatic carbocycles. The molecule has 0 unspecified atom stereocenters. The second kappa shape index (κ2) is 6.88. The molecule has 0 saturated heterocycles. The van der Waals surface area contributed by atoms with Crippen LogP contribution in [0, 0.1) is 13.8 Å². The quantitative estimate of drug-likeness (QED) is 0.878. The summed E-state index contributed by atoms with van der Waals surface area (Å²) in [6.45, 7) is 6.94. The normalized spacial score (nSPS) is 10.2. The molecular weight excluding hydrogens is 262 g/mol. The van der Waals surface area contributed by atoms with Gasteiger partial charge < -0.3 is 10.6 Å². The summed E-state index contributed by atoms with van der Waals surface area (Å²) in [6, 6.07) is 7.63.